The van der Waals surface area contributed by atoms with E-state index in [0.29, 0.717) is 30.9 Å². The molecule has 1 fully saturated rings. The number of aryl methyl sites for hydroxylation is 3. The van der Waals surface area contributed by atoms with Crippen molar-refractivity contribution in [2.45, 2.75) is 40.9 Å². The molecule has 8 nitrogen and oxygen atoms in total. The lowest BCUT2D eigenvalue weighted by molar-refractivity contribution is -0.226. The molecule has 69 heavy (non-hydrogen) atoms. The Labute approximate surface area is 403 Å². The monoisotopic (exact) mass is 921 g/mol. The van der Waals surface area contributed by atoms with Crippen molar-refractivity contribution >= 4 is 28.8 Å². The van der Waals surface area contributed by atoms with Crippen molar-refractivity contribution in [3.8, 4) is 68.3 Å². The molecule has 0 bridgehead atoms. The van der Waals surface area contributed by atoms with Crippen LogP contribution in [0.1, 0.15) is 42.4 Å². The van der Waals surface area contributed by atoms with Gasteiger partial charge in [-0.1, -0.05) is 164 Å². The van der Waals surface area contributed by atoms with E-state index in [0.717, 1.165) is 56.2 Å². The summed E-state index contributed by atoms with van der Waals surface area (Å²) in [6.45, 7) is 11.8. The molecule has 11 rings (SSSR count). The largest absolute Gasteiger partial charge is 0.436 e. The van der Waals surface area contributed by atoms with Crippen molar-refractivity contribution in [1.29, 1.82) is 0 Å². The van der Waals surface area contributed by atoms with E-state index >= 15 is 0 Å². The third kappa shape index (κ3) is 8.72. The maximum Gasteiger partial charge on any atom is 0.226 e. The molecule has 0 amide bonds. The second kappa shape index (κ2) is 18.1. The highest BCUT2D eigenvalue weighted by Crippen LogP contribution is 2.33. The number of hydrogen-bond acceptors (Lipinski definition) is 8. The molecule has 7 aromatic carbocycles. The van der Waals surface area contributed by atoms with E-state index in [1.54, 1.807) is 18.6 Å². The summed E-state index contributed by atoms with van der Waals surface area (Å²) >= 11 is 0. The van der Waals surface area contributed by atoms with Crippen LogP contribution in [0.15, 0.2) is 202 Å². The molecule has 1 aliphatic rings. The molecule has 0 radical (unpaired) electrons. The normalized spacial score (nSPS) is 14.0. The fraction of sp³-hybridized carbons (Fsp3) is 0.150. The molecule has 3 aromatic heterocycles. The Bertz CT molecular complexity index is 3040. The lowest BCUT2D eigenvalue weighted by Crippen LogP contribution is -2.74. The van der Waals surface area contributed by atoms with Crippen molar-refractivity contribution in [2.24, 2.45) is 5.41 Å². The molecule has 0 N–H and O–H groups in total. The molecule has 4 heterocycles. The summed E-state index contributed by atoms with van der Waals surface area (Å²) in [5, 5.41) is 4.70. The lowest BCUT2D eigenvalue weighted by Gasteiger charge is -2.36. The summed E-state index contributed by atoms with van der Waals surface area (Å²) < 4.78 is 31.7. The van der Waals surface area contributed by atoms with Crippen molar-refractivity contribution in [3.05, 3.63) is 211 Å². The van der Waals surface area contributed by atoms with E-state index < -0.39 is 14.4 Å². The minimum Gasteiger partial charge on any atom is -0.436 e. The molecule has 0 aliphatic carbocycles. The summed E-state index contributed by atoms with van der Waals surface area (Å²) in [7, 11) is -3.16. The van der Waals surface area contributed by atoms with Gasteiger partial charge in [-0.3, -0.25) is 0 Å². The maximum atomic E-state index is 6.39. The Balaban J connectivity index is 1.03. The zero-order valence-corrected chi connectivity index (χ0v) is 40.3. The van der Waals surface area contributed by atoms with Gasteiger partial charge in [0.2, 0.25) is 17.7 Å². The topological polar surface area (TPSA) is 96.6 Å². The minimum absolute atomic E-state index is 0.0444. The minimum atomic E-state index is -3.16. The molecule has 1 aliphatic heterocycles. The van der Waals surface area contributed by atoms with E-state index in [2.05, 4.69) is 204 Å². The van der Waals surface area contributed by atoms with Gasteiger partial charge in [0.1, 0.15) is 0 Å². The van der Waals surface area contributed by atoms with Gasteiger partial charge in [-0.2, -0.15) is 0 Å². The van der Waals surface area contributed by atoms with Crippen LogP contribution < -0.4 is 20.7 Å². The molecule has 340 valence electrons. The van der Waals surface area contributed by atoms with Gasteiger partial charge in [-0.15, -0.1) is 0 Å². The average Bonchev–Trinajstić information content (AvgIpc) is 4.19. The average molecular weight is 922 g/mol. The predicted molar refractivity (Wildman–Crippen MR) is 275 cm³/mol. The van der Waals surface area contributed by atoms with E-state index in [1.807, 2.05) is 0 Å². The van der Waals surface area contributed by atoms with Gasteiger partial charge >= 0.3 is 0 Å². The summed E-state index contributed by atoms with van der Waals surface area (Å²) in [6, 6.07) is 59.9. The molecule has 9 heteroatoms. The van der Waals surface area contributed by atoms with E-state index in [-0.39, 0.29) is 5.41 Å². The maximum absolute atomic E-state index is 6.39. The Morgan fingerprint density at radius 2 is 0.652 bits per heavy atom. The number of rotatable bonds is 11. The Hall–Kier alpha value is -7.69. The van der Waals surface area contributed by atoms with Crippen molar-refractivity contribution < 1.29 is 22.7 Å². The summed E-state index contributed by atoms with van der Waals surface area (Å²) in [5.74, 6) is 3.85. The molecule has 0 spiro atoms. The highest BCUT2D eigenvalue weighted by Gasteiger charge is 2.42. The number of ether oxygens (including phenoxy) is 2. The van der Waals surface area contributed by atoms with Crippen LogP contribution in [-0.2, 0) is 9.47 Å². The van der Waals surface area contributed by atoms with Crippen LogP contribution in [0, 0.1) is 26.2 Å². The van der Waals surface area contributed by atoms with Crippen LogP contribution >= 0.6 is 0 Å². The van der Waals surface area contributed by atoms with Crippen LogP contribution in [0.3, 0.4) is 0 Å². The third-order valence-corrected chi connectivity index (χ3v) is 17.9. The zero-order chi connectivity index (χ0) is 47.1. The van der Waals surface area contributed by atoms with Gasteiger partial charge in [0, 0.05) is 44.4 Å². The van der Waals surface area contributed by atoms with Crippen LogP contribution in [0.4, 0.5) is 0 Å². The Morgan fingerprint density at radius 3 is 0.957 bits per heavy atom. The van der Waals surface area contributed by atoms with Crippen LogP contribution in [0.25, 0.3) is 68.3 Å². The van der Waals surface area contributed by atoms with Gasteiger partial charge in [-0.05, 0) is 77.9 Å². The van der Waals surface area contributed by atoms with E-state index in [1.165, 1.54) is 37.4 Å². The first-order chi connectivity index (χ1) is 33.6. The molecule has 0 saturated carbocycles. The van der Waals surface area contributed by atoms with Crippen molar-refractivity contribution in [2.75, 3.05) is 13.2 Å². The molecule has 0 atom stereocenters. The standard InChI is InChI=1S/C60H51N3O5Si/c1-39-6-12-42(13-7-39)53-34-61-56(66-53)45-18-26-49(27-19-45)69(52-32-24-48(25-33-52)59-64-37-60(4,5)38-65-59,50-28-20-46(21-29-50)57-62-35-54(67-57)43-14-8-40(2)9-15-43)51-30-22-47(23-31-51)58-63-36-55(68-58)44-16-10-41(3)11-17-44/h6-36,59H,37-38H2,1-5H3. The highest BCUT2D eigenvalue weighted by atomic mass is 28.3. The van der Waals surface area contributed by atoms with Crippen LogP contribution in [-0.4, -0.2) is 36.2 Å². The lowest BCUT2D eigenvalue weighted by atomic mass is 9.95. The Kier molecular flexibility index (Phi) is 11.5. The van der Waals surface area contributed by atoms with Crippen LogP contribution in [0.5, 0.6) is 0 Å². The molecular weight excluding hydrogens is 871 g/mol. The SMILES string of the molecule is Cc1ccc(-c2cnc(-c3ccc([Si](c4ccc(-c5ncc(-c6ccc(C)cc6)o5)cc4)(c4ccc(-c5ncc(-c6ccc(C)cc6)o5)cc4)c4ccc(C5OCC(C)(C)CO5)cc4)cc3)o2)cc1. The fourth-order valence-electron chi connectivity index (χ4n) is 9.14. The first-order valence-electron chi connectivity index (χ1n) is 23.3. The second-order valence-electron chi connectivity index (χ2n) is 18.9. The first kappa shape index (κ1) is 43.9. The number of hydrogen-bond donors (Lipinski definition) is 0. The predicted octanol–water partition coefficient (Wildman–Crippen LogP) is 12.0. The van der Waals surface area contributed by atoms with Gasteiger partial charge in [-0.25, -0.2) is 15.0 Å². The van der Waals surface area contributed by atoms with E-state index in [4.69, 9.17) is 37.7 Å². The smallest absolute Gasteiger partial charge is 0.226 e. The fourth-order valence-corrected chi connectivity index (χ4v) is 13.8. The molecule has 0 unspecified atom stereocenters. The van der Waals surface area contributed by atoms with Gasteiger partial charge < -0.3 is 22.7 Å². The van der Waals surface area contributed by atoms with Gasteiger partial charge in [0.05, 0.1) is 31.8 Å². The zero-order valence-electron chi connectivity index (χ0n) is 39.3. The third-order valence-electron chi connectivity index (χ3n) is 13.1. The number of oxazole rings is 3. The van der Waals surface area contributed by atoms with Gasteiger partial charge in [0.25, 0.3) is 0 Å². The van der Waals surface area contributed by atoms with Gasteiger partial charge in [0.15, 0.2) is 31.6 Å². The summed E-state index contributed by atoms with van der Waals surface area (Å²) in [4.78, 5) is 14.2. The highest BCUT2D eigenvalue weighted by molar-refractivity contribution is 7.19. The molecule has 1 saturated heterocycles. The first-order valence-corrected chi connectivity index (χ1v) is 25.3. The number of aromatic nitrogens is 3. The molecular formula is C60H51N3O5Si. The molecule has 10 aromatic rings. The van der Waals surface area contributed by atoms with Crippen molar-refractivity contribution in [1.82, 2.24) is 15.0 Å². The second-order valence-corrected chi connectivity index (χ2v) is 22.7. The van der Waals surface area contributed by atoms with Crippen molar-refractivity contribution in [3.63, 3.8) is 0 Å². The van der Waals surface area contributed by atoms with Crippen LogP contribution in [0.2, 0.25) is 0 Å². The number of nitrogens with zero attached hydrogens (tertiary/aromatic N) is 3. The summed E-state index contributed by atoms with van der Waals surface area (Å²) in [5.41, 5.74) is 10.1. The number of benzene rings is 7. The Morgan fingerprint density at radius 1 is 0.377 bits per heavy atom. The summed E-state index contributed by atoms with van der Waals surface area (Å²) in [6.07, 6.45) is 4.96. The quantitative estimate of drug-likeness (QED) is 0.0935. The van der Waals surface area contributed by atoms with E-state index in [9.17, 15) is 0 Å².